The monoisotopic (exact) mass is 271 g/mol. The summed E-state index contributed by atoms with van der Waals surface area (Å²) in [6.07, 6.45) is -0.616. The van der Waals surface area contributed by atoms with E-state index in [-0.39, 0.29) is 6.61 Å². The molecule has 2 aromatic carbocycles. The summed E-state index contributed by atoms with van der Waals surface area (Å²) in [7, 11) is 1.96. The molecule has 2 rings (SSSR count). The Morgan fingerprint density at radius 1 is 1.00 bits per heavy atom. The molecule has 0 aliphatic carbocycles. The van der Waals surface area contributed by atoms with E-state index in [2.05, 4.69) is 0 Å². The molecule has 3 nitrogen and oxygen atoms in total. The fourth-order valence-electron chi connectivity index (χ4n) is 2.30. The molecule has 1 atom stereocenters. The maximum atomic E-state index is 10.5. The third kappa shape index (κ3) is 3.67. The van der Waals surface area contributed by atoms with Crippen LogP contribution in [0.15, 0.2) is 54.6 Å². The highest BCUT2D eigenvalue weighted by Crippen LogP contribution is 2.25. The van der Waals surface area contributed by atoms with Crippen molar-refractivity contribution < 1.29 is 10.2 Å². The van der Waals surface area contributed by atoms with Crippen LogP contribution in [-0.4, -0.2) is 35.3 Å². The van der Waals surface area contributed by atoms with E-state index < -0.39 is 6.10 Å². The molecule has 0 heterocycles. The van der Waals surface area contributed by atoms with Crippen molar-refractivity contribution >= 4 is 0 Å². The van der Waals surface area contributed by atoms with Gasteiger partial charge < -0.3 is 10.2 Å². The predicted molar refractivity (Wildman–Crippen MR) is 80.4 cm³/mol. The Morgan fingerprint density at radius 3 is 2.35 bits per heavy atom. The van der Waals surface area contributed by atoms with Crippen LogP contribution in [0.5, 0.6) is 0 Å². The molecular formula is C17H21NO2. The van der Waals surface area contributed by atoms with Crippen LogP contribution in [0.2, 0.25) is 0 Å². The van der Waals surface area contributed by atoms with Gasteiger partial charge in [0, 0.05) is 13.1 Å². The van der Waals surface area contributed by atoms with Crippen molar-refractivity contribution in [2.24, 2.45) is 0 Å². The molecular weight excluding hydrogens is 250 g/mol. The fraction of sp³-hybridized carbons (Fsp3) is 0.294. The lowest BCUT2D eigenvalue weighted by molar-refractivity contribution is 0.206. The van der Waals surface area contributed by atoms with Gasteiger partial charge in [0.15, 0.2) is 0 Å². The minimum atomic E-state index is -0.616. The molecule has 0 aromatic heterocycles. The highest BCUT2D eigenvalue weighted by molar-refractivity contribution is 5.35. The van der Waals surface area contributed by atoms with Gasteiger partial charge in [0.1, 0.15) is 6.10 Å². The van der Waals surface area contributed by atoms with E-state index in [4.69, 9.17) is 5.11 Å². The molecule has 0 saturated heterocycles. The Balaban J connectivity index is 2.23. The molecule has 0 saturated carbocycles. The Morgan fingerprint density at radius 2 is 1.65 bits per heavy atom. The highest BCUT2D eigenvalue weighted by atomic mass is 16.3. The lowest BCUT2D eigenvalue weighted by atomic mass is 9.96. The Bertz CT molecular complexity index is 528. The Labute approximate surface area is 120 Å². The number of nitrogens with zero attached hydrogens (tertiary/aromatic N) is 1. The molecule has 0 unspecified atom stereocenters. The van der Waals surface area contributed by atoms with Crippen LogP contribution in [-0.2, 0) is 6.54 Å². The van der Waals surface area contributed by atoms with E-state index in [1.54, 1.807) is 0 Å². The summed E-state index contributed by atoms with van der Waals surface area (Å²) < 4.78 is 0. The molecule has 2 aromatic rings. The van der Waals surface area contributed by atoms with Gasteiger partial charge in [-0.15, -0.1) is 0 Å². The van der Waals surface area contributed by atoms with Gasteiger partial charge in [-0.3, -0.25) is 4.90 Å². The van der Waals surface area contributed by atoms with Gasteiger partial charge in [-0.05, 0) is 23.7 Å². The van der Waals surface area contributed by atoms with E-state index in [9.17, 15) is 5.11 Å². The first-order valence-electron chi connectivity index (χ1n) is 6.82. The van der Waals surface area contributed by atoms with Crippen LogP contribution in [0.25, 0.3) is 0 Å². The number of hydrogen-bond acceptors (Lipinski definition) is 3. The number of rotatable bonds is 6. The number of hydrogen-bond donors (Lipinski definition) is 2. The molecule has 2 N–H and O–H groups in total. The summed E-state index contributed by atoms with van der Waals surface area (Å²) in [5.74, 6) is 0. The van der Waals surface area contributed by atoms with Crippen molar-refractivity contribution in [3.8, 4) is 0 Å². The van der Waals surface area contributed by atoms with Gasteiger partial charge in [-0.1, -0.05) is 54.6 Å². The van der Waals surface area contributed by atoms with Crippen LogP contribution < -0.4 is 0 Å². The highest BCUT2D eigenvalue weighted by Gasteiger charge is 2.14. The molecule has 0 radical (unpaired) electrons. The first-order chi connectivity index (χ1) is 9.72. The average Bonchev–Trinajstić information content (AvgIpc) is 2.48. The maximum absolute atomic E-state index is 10.5. The molecule has 0 bridgehead atoms. The van der Waals surface area contributed by atoms with Crippen molar-refractivity contribution in [1.82, 2.24) is 4.90 Å². The summed E-state index contributed by atoms with van der Waals surface area (Å²) in [6, 6.07) is 17.6. The van der Waals surface area contributed by atoms with Crippen LogP contribution in [0.1, 0.15) is 22.8 Å². The third-order valence-electron chi connectivity index (χ3n) is 3.39. The molecule has 0 aliphatic rings. The van der Waals surface area contributed by atoms with Crippen LogP contribution in [0.3, 0.4) is 0 Å². The molecule has 0 amide bonds. The zero-order chi connectivity index (χ0) is 14.4. The molecule has 20 heavy (non-hydrogen) atoms. The molecule has 0 spiro atoms. The van der Waals surface area contributed by atoms with Gasteiger partial charge in [-0.25, -0.2) is 0 Å². The SMILES string of the molecule is CN(CCO)Cc1ccccc1[C@H](O)c1ccccc1. The lowest BCUT2D eigenvalue weighted by Crippen LogP contribution is -2.22. The van der Waals surface area contributed by atoms with Gasteiger partial charge in [0.25, 0.3) is 0 Å². The van der Waals surface area contributed by atoms with Gasteiger partial charge in [0.2, 0.25) is 0 Å². The number of aliphatic hydroxyl groups excluding tert-OH is 2. The van der Waals surface area contributed by atoms with Crippen molar-refractivity contribution in [2.75, 3.05) is 20.2 Å². The van der Waals surface area contributed by atoms with Crippen molar-refractivity contribution in [2.45, 2.75) is 12.6 Å². The second kappa shape index (κ2) is 7.20. The third-order valence-corrected chi connectivity index (χ3v) is 3.39. The topological polar surface area (TPSA) is 43.7 Å². The Kier molecular flexibility index (Phi) is 5.30. The number of likely N-dealkylation sites (N-methyl/N-ethyl adjacent to an activating group) is 1. The average molecular weight is 271 g/mol. The second-order valence-corrected chi connectivity index (χ2v) is 4.97. The minimum absolute atomic E-state index is 0.139. The quantitative estimate of drug-likeness (QED) is 0.846. The zero-order valence-electron chi connectivity index (χ0n) is 11.7. The maximum Gasteiger partial charge on any atom is 0.104 e. The summed E-state index contributed by atoms with van der Waals surface area (Å²) in [6.45, 7) is 1.47. The van der Waals surface area contributed by atoms with Crippen LogP contribution >= 0.6 is 0 Å². The van der Waals surface area contributed by atoms with E-state index in [0.29, 0.717) is 13.1 Å². The van der Waals surface area contributed by atoms with Gasteiger partial charge in [-0.2, -0.15) is 0 Å². The van der Waals surface area contributed by atoms with Gasteiger partial charge >= 0.3 is 0 Å². The van der Waals surface area contributed by atoms with Crippen molar-refractivity contribution in [3.63, 3.8) is 0 Å². The van der Waals surface area contributed by atoms with Gasteiger partial charge in [0.05, 0.1) is 6.61 Å². The first kappa shape index (κ1) is 14.7. The molecule has 3 heteroatoms. The fourth-order valence-corrected chi connectivity index (χ4v) is 2.30. The molecule has 0 aliphatic heterocycles. The number of benzene rings is 2. The summed E-state index contributed by atoms with van der Waals surface area (Å²) >= 11 is 0. The number of aliphatic hydroxyl groups is 2. The summed E-state index contributed by atoms with van der Waals surface area (Å²) in [4.78, 5) is 2.04. The van der Waals surface area contributed by atoms with E-state index >= 15 is 0 Å². The van der Waals surface area contributed by atoms with E-state index in [1.807, 2.05) is 66.5 Å². The second-order valence-electron chi connectivity index (χ2n) is 4.97. The van der Waals surface area contributed by atoms with Crippen molar-refractivity contribution in [3.05, 3.63) is 71.3 Å². The summed E-state index contributed by atoms with van der Waals surface area (Å²) in [5.41, 5.74) is 2.90. The van der Waals surface area contributed by atoms with E-state index in [1.165, 1.54) is 0 Å². The molecule has 0 fully saturated rings. The van der Waals surface area contributed by atoms with Crippen LogP contribution in [0.4, 0.5) is 0 Å². The summed E-state index contributed by atoms with van der Waals surface area (Å²) in [5, 5.41) is 19.5. The largest absolute Gasteiger partial charge is 0.395 e. The van der Waals surface area contributed by atoms with Crippen LogP contribution in [0, 0.1) is 0 Å². The lowest BCUT2D eigenvalue weighted by Gasteiger charge is -2.20. The first-order valence-corrected chi connectivity index (χ1v) is 6.82. The zero-order valence-corrected chi connectivity index (χ0v) is 11.7. The standard InChI is InChI=1S/C17H21NO2/c1-18(11-12-19)13-15-9-5-6-10-16(15)17(20)14-7-3-2-4-8-14/h2-10,17,19-20H,11-13H2,1H3/t17-/m1/s1. The minimum Gasteiger partial charge on any atom is -0.395 e. The smallest absolute Gasteiger partial charge is 0.104 e. The predicted octanol–water partition coefficient (Wildman–Crippen LogP) is 2.19. The molecule has 106 valence electrons. The Hall–Kier alpha value is -1.68. The normalized spacial score (nSPS) is 12.6. The van der Waals surface area contributed by atoms with E-state index in [0.717, 1.165) is 16.7 Å². The van der Waals surface area contributed by atoms with Crippen molar-refractivity contribution in [1.29, 1.82) is 0 Å².